The number of benzene rings is 1. The van der Waals surface area contributed by atoms with Gasteiger partial charge in [0.1, 0.15) is 5.75 Å². The Bertz CT molecular complexity index is 425. The van der Waals surface area contributed by atoms with Crippen molar-refractivity contribution in [2.45, 2.75) is 12.7 Å². The number of nitrogens with zero attached hydrogens (tertiary/aromatic N) is 2. The van der Waals surface area contributed by atoms with Crippen LogP contribution in [0.2, 0.25) is 0 Å². The van der Waals surface area contributed by atoms with Crippen molar-refractivity contribution in [1.82, 2.24) is 9.91 Å². The highest BCUT2D eigenvalue weighted by Gasteiger charge is 2.29. The largest absolute Gasteiger partial charge is 0.484 e. The maximum Gasteiger partial charge on any atom is 0.422 e. The molecule has 0 unspecified atom stereocenters. The maximum absolute atomic E-state index is 12.2. The summed E-state index contributed by atoms with van der Waals surface area (Å²) >= 11 is 0. The summed E-state index contributed by atoms with van der Waals surface area (Å²) in [5.74, 6) is 5.92. The molecule has 0 saturated carbocycles. The van der Waals surface area contributed by atoms with E-state index in [0.29, 0.717) is 13.2 Å². The third kappa shape index (κ3) is 4.38. The molecule has 19 heavy (non-hydrogen) atoms. The Hall–Kier alpha value is -1.31. The van der Waals surface area contributed by atoms with Gasteiger partial charge in [0, 0.05) is 25.2 Å². The average Bonchev–Trinajstić information content (AvgIpc) is 2.73. The summed E-state index contributed by atoms with van der Waals surface area (Å²) in [4.78, 5) is 2.05. The Morgan fingerprint density at radius 3 is 2.58 bits per heavy atom. The third-order valence-electron chi connectivity index (χ3n) is 2.84. The van der Waals surface area contributed by atoms with E-state index in [9.17, 15) is 13.2 Å². The normalized spacial score (nSPS) is 17.9. The molecule has 1 aromatic carbocycles. The van der Waals surface area contributed by atoms with E-state index in [1.165, 1.54) is 0 Å². The van der Waals surface area contributed by atoms with Crippen molar-refractivity contribution in [2.24, 2.45) is 5.84 Å². The first kappa shape index (κ1) is 14.1. The van der Waals surface area contributed by atoms with E-state index in [-0.39, 0.29) is 5.75 Å². The first-order valence-corrected chi connectivity index (χ1v) is 5.93. The first-order chi connectivity index (χ1) is 8.94. The van der Waals surface area contributed by atoms with Crippen LogP contribution in [0.25, 0.3) is 0 Å². The molecule has 7 heteroatoms. The molecule has 2 N–H and O–H groups in total. The number of nitrogens with two attached hydrogens (primary N) is 1. The Morgan fingerprint density at radius 1 is 1.21 bits per heavy atom. The zero-order valence-corrected chi connectivity index (χ0v) is 10.4. The monoisotopic (exact) mass is 275 g/mol. The predicted octanol–water partition coefficient (Wildman–Crippen LogP) is 1.58. The van der Waals surface area contributed by atoms with Gasteiger partial charge in [0.05, 0.1) is 6.67 Å². The number of para-hydroxylation sites is 1. The SMILES string of the molecule is NN1CCN(Cc2ccccc2OCC(F)(F)F)C1. The van der Waals surface area contributed by atoms with E-state index in [2.05, 4.69) is 4.90 Å². The highest BCUT2D eigenvalue weighted by Crippen LogP contribution is 2.23. The van der Waals surface area contributed by atoms with E-state index >= 15 is 0 Å². The van der Waals surface area contributed by atoms with Gasteiger partial charge in [-0.1, -0.05) is 18.2 Å². The fourth-order valence-corrected chi connectivity index (χ4v) is 1.97. The van der Waals surface area contributed by atoms with Crippen molar-refractivity contribution in [2.75, 3.05) is 26.4 Å². The first-order valence-electron chi connectivity index (χ1n) is 5.93. The number of hydrogen-bond acceptors (Lipinski definition) is 4. The highest BCUT2D eigenvalue weighted by molar-refractivity contribution is 5.33. The molecule has 1 aromatic rings. The van der Waals surface area contributed by atoms with Gasteiger partial charge in [0.2, 0.25) is 0 Å². The van der Waals surface area contributed by atoms with Crippen LogP contribution in [0, 0.1) is 0 Å². The second-order valence-corrected chi connectivity index (χ2v) is 4.52. The number of hydrogen-bond donors (Lipinski definition) is 1. The number of ether oxygens (including phenoxy) is 1. The highest BCUT2D eigenvalue weighted by atomic mass is 19.4. The minimum Gasteiger partial charge on any atom is -0.484 e. The van der Waals surface area contributed by atoms with E-state index in [1.54, 1.807) is 29.3 Å². The second-order valence-electron chi connectivity index (χ2n) is 4.52. The van der Waals surface area contributed by atoms with Crippen molar-refractivity contribution in [1.29, 1.82) is 0 Å². The van der Waals surface area contributed by atoms with Crippen molar-refractivity contribution >= 4 is 0 Å². The van der Waals surface area contributed by atoms with Crippen LogP contribution >= 0.6 is 0 Å². The van der Waals surface area contributed by atoms with Crippen molar-refractivity contribution in [3.63, 3.8) is 0 Å². The van der Waals surface area contributed by atoms with Crippen LogP contribution < -0.4 is 10.6 Å². The molecule has 0 spiro atoms. The molecule has 0 bridgehead atoms. The molecule has 4 nitrogen and oxygen atoms in total. The number of halogens is 3. The molecule has 1 aliphatic rings. The van der Waals surface area contributed by atoms with E-state index in [0.717, 1.165) is 18.7 Å². The summed E-state index contributed by atoms with van der Waals surface area (Å²) in [7, 11) is 0. The molecule has 1 heterocycles. The molecular weight excluding hydrogens is 259 g/mol. The minimum absolute atomic E-state index is 0.273. The lowest BCUT2D eigenvalue weighted by atomic mass is 10.2. The molecule has 106 valence electrons. The Balaban J connectivity index is 1.99. The zero-order chi connectivity index (χ0) is 13.9. The van der Waals surface area contributed by atoms with Gasteiger partial charge in [-0.3, -0.25) is 10.7 Å². The van der Waals surface area contributed by atoms with Gasteiger partial charge in [-0.2, -0.15) is 13.2 Å². The lowest BCUT2D eigenvalue weighted by molar-refractivity contribution is -0.153. The van der Waals surface area contributed by atoms with Crippen LogP contribution in [0.3, 0.4) is 0 Å². The maximum atomic E-state index is 12.2. The van der Waals surface area contributed by atoms with Crippen LogP contribution in [-0.2, 0) is 6.54 Å². The standard InChI is InChI=1S/C12H16F3N3O/c13-12(14,15)8-19-11-4-2-1-3-10(11)7-17-5-6-18(16)9-17/h1-4H,5-9,16H2. The van der Waals surface area contributed by atoms with E-state index in [1.807, 2.05) is 0 Å². The Kier molecular flexibility index (Phi) is 4.28. The van der Waals surface area contributed by atoms with Gasteiger partial charge >= 0.3 is 6.18 Å². The molecule has 0 amide bonds. The summed E-state index contributed by atoms with van der Waals surface area (Å²) in [5.41, 5.74) is 0.738. The van der Waals surface area contributed by atoms with Crippen molar-refractivity contribution in [3.05, 3.63) is 29.8 Å². The second kappa shape index (κ2) is 5.77. The summed E-state index contributed by atoms with van der Waals surface area (Å²) < 4.78 is 41.4. The van der Waals surface area contributed by atoms with Crippen molar-refractivity contribution in [3.8, 4) is 5.75 Å². The topological polar surface area (TPSA) is 41.7 Å². The summed E-state index contributed by atoms with van der Waals surface area (Å²) in [5, 5.41) is 1.67. The van der Waals surface area contributed by atoms with Gasteiger partial charge in [0.15, 0.2) is 6.61 Å². The molecule has 0 atom stereocenters. The van der Waals surface area contributed by atoms with Gasteiger partial charge in [-0.15, -0.1) is 0 Å². The lowest BCUT2D eigenvalue weighted by Crippen LogP contribution is -2.30. The van der Waals surface area contributed by atoms with Gasteiger partial charge in [-0.25, -0.2) is 5.01 Å². The molecule has 1 fully saturated rings. The van der Waals surface area contributed by atoms with E-state index < -0.39 is 12.8 Å². The van der Waals surface area contributed by atoms with Gasteiger partial charge < -0.3 is 4.74 Å². The molecule has 1 aliphatic heterocycles. The van der Waals surface area contributed by atoms with E-state index in [4.69, 9.17) is 10.6 Å². The van der Waals surface area contributed by atoms with Crippen LogP contribution in [0.4, 0.5) is 13.2 Å². The average molecular weight is 275 g/mol. The number of hydrazine groups is 1. The minimum atomic E-state index is -4.32. The fraction of sp³-hybridized carbons (Fsp3) is 0.500. The molecular formula is C12H16F3N3O. The van der Waals surface area contributed by atoms with Crippen LogP contribution in [0.5, 0.6) is 5.75 Å². The predicted molar refractivity (Wildman–Crippen MR) is 64.2 cm³/mol. The lowest BCUT2D eigenvalue weighted by Gasteiger charge is -2.18. The Morgan fingerprint density at radius 2 is 1.95 bits per heavy atom. The van der Waals surface area contributed by atoms with Crippen LogP contribution in [0.15, 0.2) is 24.3 Å². The van der Waals surface area contributed by atoms with Crippen LogP contribution in [0.1, 0.15) is 5.56 Å². The summed E-state index contributed by atoms with van der Waals surface area (Å²) in [6.45, 7) is 1.41. The van der Waals surface area contributed by atoms with Gasteiger partial charge in [-0.05, 0) is 6.07 Å². The molecule has 0 aliphatic carbocycles. The fourth-order valence-electron chi connectivity index (χ4n) is 1.97. The number of rotatable bonds is 4. The number of alkyl halides is 3. The van der Waals surface area contributed by atoms with Gasteiger partial charge in [0.25, 0.3) is 0 Å². The summed E-state index contributed by atoms with van der Waals surface area (Å²) in [6, 6.07) is 6.77. The molecule has 2 rings (SSSR count). The third-order valence-corrected chi connectivity index (χ3v) is 2.84. The zero-order valence-electron chi connectivity index (χ0n) is 10.4. The summed E-state index contributed by atoms with van der Waals surface area (Å²) in [6.07, 6.45) is -4.32. The molecule has 0 aromatic heterocycles. The quantitative estimate of drug-likeness (QED) is 0.847. The molecule has 0 radical (unpaired) electrons. The molecule has 1 saturated heterocycles. The van der Waals surface area contributed by atoms with Crippen LogP contribution in [-0.4, -0.2) is 42.5 Å². The Labute approximate surface area is 109 Å². The smallest absolute Gasteiger partial charge is 0.422 e. The van der Waals surface area contributed by atoms with Crippen molar-refractivity contribution < 1.29 is 17.9 Å².